The third kappa shape index (κ3) is 4.17. The minimum atomic E-state index is -4.73. The molecule has 2 amide bonds. The number of likely N-dealkylation sites (tertiary alicyclic amines) is 1. The first kappa shape index (κ1) is 19.8. The molecule has 1 fully saturated rings. The molecular weight excluding hydrogens is 360 g/mol. The van der Waals surface area contributed by atoms with Crippen LogP contribution in [0.15, 0.2) is 18.2 Å². The second-order valence-electron chi connectivity index (χ2n) is 6.06. The first-order chi connectivity index (χ1) is 12.0. The highest BCUT2D eigenvalue weighted by atomic mass is 19.4. The van der Waals surface area contributed by atoms with Gasteiger partial charge in [-0.3, -0.25) is 4.79 Å². The van der Waals surface area contributed by atoms with Crippen LogP contribution in [-0.2, 0) is 4.79 Å². The van der Waals surface area contributed by atoms with Crippen LogP contribution in [0.25, 0.3) is 0 Å². The van der Waals surface area contributed by atoms with Crippen LogP contribution >= 0.6 is 0 Å². The summed E-state index contributed by atoms with van der Waals surface area (Å²) in [5, 5.41) is 11.4. The zero-order chi connectivity index (χ0) is 19.6. The van der Waals surface area contributed by atoms with Crippen molar-refractivity contribution in [2.75, 3.05) is 20.2 Å². The minimum Gasteiger partial charge on any atom is -0.496 e. The Kier molecular flexibility index (Phi) is 5.62. The van der Waals surface area contributed by atoms with E-state index in [9.17, 15) is 27.2 Å². The van der Waals surface area contributed by atoms with Gasteiger partial charge in [0.15, 0.2) is 0 Å². The van der Waals surface area contributed by atoms with Crippen LogP contribution in [0.2, 0.25) is 0 Å². The topological polar surface area (TPSA) is 78.9 Å². The zero-order valence-electron chi connectivity index (χ0n) is 14.0. The van der Waals surface area contributed by atoms with Gasteiger partial charge < -0.3 is 20.1 Å². The largest absolute Gasteiger partial charge is 0.496 e. The Bertz CT molecular complexity index is 695. The van der Waals surface area contributed by atoms with E-state index >= 15 is 0 Å². The van der Waals surface area contributed by atoms with Crippen molar-refractivity contribution >= 4 is 12.0 Å². The number of halogens is 4. The smallest absolute Gasteiger partial charge is 0.394 e. The molecule has 1 heterocycles. The molecule has 0 radical (unpaired) electrons. The molecule has 10 heteroatoms. The average molecular weight is 378 g/mol. The van der Waals surface area contributed by atoms with Crippen LogP contribution in [0.4, 0.5) is 22.4 Å². The van der Waals surface area contributed by atoms with Crippen molar-refractivity contribution < 1.29 is 37.0 Å². The molecular formula is C16H18F4N2O4. The summed E-state index contributed by atoms with van der Waals surface area (Å²) in [6.45, 7) is 0.207. The Morgan fingerprint density at radius 1 is 1.35 bits per heavy atom. The summed E-state index contributed by atoms with van der Waals surface area (Å²) in [5.74, 6) is -5.73. The molecule has 1 unspecified atom stereocenters. The molecule has 6 nitrogen and oxygen atoms in total. The third-order valence-corrected chi connectivity index (χ3v) is 4.34. The van der Waals surface area contributed by atoms with E-state index in [0.29, 0.717) is 11.3 Å². The van der Waals surface area contributed by atoms with Gasteiger partial charge in [0.1, 0.15) is 11.6 Å². The van der Waals surface area contributed by atoms with Crippen molar-refractivity contribution in [1.82, 2.24) is 10.2 Å². The Morgan fingerprint density at radius 3 is 2.50 bits per heavy atom. The van der Waals surface area contributed by atoms with Crippen LogP contribution in [0.1, 0.15) is 18.5 Å². The summed E-state index contributed by atoms with van der Waals surface area (Å²) < 4.78 is 57.5. The van der Waals surface area contributed by atoms with Crippen molar-refractivity contribution in [1.29, 1.82) is 0 Å². The van der Waals surface area contributed by atoms with Gasteiger partial charge in [-0.1, -0.05) is 0 Å². The van der Waals surface area contributed by atoms with E-state index in [1.54, 1.807) is 0 Å². The van der Waals surface area contributed by atoms with E-state index in [1.807, 2.05) is 0 Å². The predicted octanol–water partition coefficient (Wildman–Crippen LogP) is 2.80. The SMILES string of the molecule is COc1ccc(F)cc1C(C)NC(=O)N1C[C@@H](C(F)(F)F)[C@H](C(=O)O)C1. The number of aliphatic carboxylic acids is 1. The highest BCUT2D eigenvalue weighted by Crippen LogP contribution is 2.38. The molecule has 1 aromatic rings. The number of hydrogen-bond donors (Lipinski definition) is 2. The van der Waals surface area contributed by atoms with Crippen LogP contribution in [0, 0.1) is 17.7 Å². The number of methoxy groups -OCH3 is 1. The lowest BCUT2D eigenvalue weighted by atomic mass is 9.96. The van der Waals surface area contributed by atoms with Gasteiger partial charge in [-0.05, 0) is 25.1 Å². The Balaban J connectivity index is 2.13. The Morgan fingerprint density at radius 2 is 2.00 bits per heavy atom. The molecule has 144 valence electrons. The molecule has 1 aliphatic heterocycles. The summed E-state index contributed by atoms with van der Waals surface area (Å²) in [7, 11) is 1.36. The van der Waals surface area contributed by atoms with Gasteiger partial charge in [0.2, 0.25) is 0 Å². The lowest BCUT2D eigenvalue weighted by molar-refractivity contribution is -0.187. The number of carbonyl (C=O) groups is 2. The molecule has 26 heavy (non-hydrogen) atoms. The van der Waals surface area contributed by atoms with Gasteiger partial charge in [-0.25, -0.2) is 9.18 Å². The molecule has 1 aliphatic rings. The molecule has 1 saturated heterocycles. The lowest BCUT2D eigenvalue weighted by Crippen LogP contribution is -2.40. The average Bonchev–Trinajstić information content (AvgIpc) is 3.00. The number of carbonyl (C=O) groups excluding carboxylic acids is 1. The predicted molar refractivity (Wildman–Crippen MR) is 82.1 cm³/mol. The molecule has 2 rings (SSSR count). The van der Waals surface area contributed by atoms with Gasteiger partial charge in [0.25, 0.3) is 0 Å². The molecule has 0 aromatic heterocycles. The van der Waals surface area contributed by atoms with Crippen molar-refractivity contribution in [3.8, 4) is 5.75 Å². The molecule has 2 N–H and O–H groups in total. The van der Waals surface area contributed by atoms with E-state index in [0.717, 1.165) is 11.0 Å². The monoisotopic (exact) mass is 378 g/mol. The van der Waals surface area contributed by atoms with Crippen molar-refractivity contribution in [3.05, 3.63) is 29.6 Å². The lowest BCUT2D eigenvalue weighted by Gasteiger charge is -2.22. The Hall–Kier alpha value is -2.52. The molecule has 1 aromatic carbocycles. The van der Waals surface area contributed by atoms with Gasteiger partial charge >= 0.3 is 18.2 Å². The van der Waals surface area contributed by atoms with Gasteiger partial charge in [-0.15, -0.1) is 0 Å². The fraction of sp³-hybridized carbons (Fsp3) is 0.500. The second kappa shape index (κ2) is 7.38. The van der Waals surface area contributed by atoms with E-state index in [-0.39, 0.29) is 0 Å². The quantitative estimate of drug-likeness (QED) is 0.790. The van der Waals surface area contributed by atoms with Crippen LogP contribution in [0.5, 0.6) is 5.75 Å². The van der Waals surface area contributed by atoms with E-state index in [4.69, 9.17) is 9.84 Å². The van der Waals surface area contributed by atoms with Crippen LogP contribution in [-0.4, -0.2) is 48.4 Å². The first-order valence-corrected chi connectivity index (χ1v) is 7.73. The van der Waals surface area contributed by atoms with Crippen molar-refractivity contribution in [2.24, 2.45) is 11.8 Å². The number of carboxylic acids is 1. The second-order valence-corrected chi connectivity index (χ2v) is 6.06. The van der Waals surface area contributed by atoms with Crippen molar-refractivity contribution in [3.63, 3.8) is 0 Å². The fourth-order valence-electron chi connectivity index (χ4n) is 2.95. The number of alkyl halides is 3. The summed E-state index contributed by atoms with van der Waals surface area (Å²) in [4.78, 5) is 24.2. The standard InChI is InChI=1S/C16H18F4N2O4/c1-8(10-5-9(17)3-4-13(10)26-2)21-15(25)22-6-11(14(23)24)12(7-22)16(18,19)20/h3-5,8,11-12H,6-7H2,1-2H3,(H,21,25)(H,23,24)/t8?,11-,12-/m1/s1. The number of urea groups is 1. The number of nitrogens with zero attached hydrogens (tertiary/aromatic N) is 1. The number of benzene rings is 1. The van der Waals surface area contributed by atoms with Crippen LogP contribution < -0.4 is 10.1 Å². The number of nitrogens with one attached hydrogen (secondary N) is 1. The normalized spacial score (nSPS) is 21.4. The first-order valence-electron chi connectivity index (χ1n) is 7.73. The summed E-state index contributed by atoms with van der Waals surface area (Å²) >= 11 is 0. The van der Waals surface area contributed by atoms with E-state index < -0.39 is 55.0 Å². The van der Waals surface area contributed by atoms with Crippen LogP contribution in [0.3, 0.4) is 0 Å². The van der Waals surface area contributed by atoms with Gasteiger partial charge in [-0.2, -0.15) is 13.2 Å². The van der Waals surface area contributed by atoms with E-state index in [2.05, 4.69) is 5.32 Å². The number of hydrogen-bond acceptors (Lipinski definition) is 3. The van der Waals surface area contributed by atoms with Crippen molar-refractivity contribution in [2.45, 2.75) is 19.1 Å². The maximum Gasteiger partial charge on any atom is 0.394 e. The van der Waals surface area contributed by atoms with E-state index in [1.165, 1.54) is 26.2 Å². The number of ether oxygens (including phenoxy) is 1. The minimum absolute atomic E-state index is 0.303. The summed E-state index contributed by atoms with van der Waals surface area (Å²) in [5.41, 5.74) is 0.308. The number of amides is 2. The van der Waals surface area contributed by atoms with Gasteiger partial charge in [0, 0.05) is 18.7 Å². The number of rotatable bonds is 4. The summed E-state index contributed by atoms with van der Waals surface area (Å²) in [6.07, 6.45) is -4.73. The molecule has 3 atom stereocenters. The third-order valence-electron chi connectivity index (χ3n) is 4.34. The molecule has 0 bridgehead atoms. The summed E-state index contributed by atoms with van der Waals surface area (Å²) in [6, 6.07) is 2.06. The zero-order valence-corrected chi connectivity index (χ0v) is 14.0. The highest BCUT2D eigenvalue weighted by Gasteiger charge is 2.53. The fourth-order valence-corrected chi connectivity index (χ4v) is 2.95. The molecule has 0 aliphatic carbocycles. The molecule has 0 saturated carbocycles. The maximum absolute atomic E-state index is 13.4. The maximum atomic E-state index is 13.4. The highest BCUT2D eigenvalue weighted by molar-refractivity contribution is 5.78. The number of carboxylic acid groups (broad SMARTS) is 1. The van der Waals surface area contributed by atoms with Gasteiger partial charge in [0.05, 0.1) is 25.0 Å². The Labute approximate surface area is 146 Å². The molecule has 0 spiro atoms.